The summed E-state index contributed by atoms with van der Waals surface area (Å²) in [7, 11) is 0. The molecule has 1 aliphatic heterocycles. The van der Waals surface area contributed by atoms with Gasteiger partial charge < -0.3 is 4.90 Å². The maximum atomic E-state index is 2.68. The Balaban J connectivity index is 1.37. The molecule has 0 unspecified atom stereocenters. The van der Waals surface area contributed by atoms with Gasteiger partial charge in [0.25, 0.3) is 0 Å². The minimum atomic E-state index is 0.560. The zero-order valence-electron chi connectivity index (χ0n) is 15.8. The van der Waals surface area contributed by atoms with Crippen LogP contribution in [0.25, 0.3) is 0 Å². The van der Waals surface area contributed by atoms with Gasteiger partial charge in [-0.25, -0.2) is 0 Å². The number of allylic oxidation sites excluding steroid dienone is 1. The van der Waals surface area contributed by atoms with Crippen molar-refractivity contribution < 1.29 is 0 Å². The largest absolute Gasteiger partial charge is 0.369 e. The molecule has 2 fully saturated rings. The second-order valence-corrected chi connectivity index (χ2v) is 8.80. The van der Waals surface area contributed by atoms with Crippen molar-refractivity contribution in [1.82, 2.24) is 4.90 Å². The van der Waals surface area contributed by atoms with Gasteiger partial charge >= 0.3 is 0 Å². The summed E-state index contributed by atoms with van der Waals surface area (Å²) >= 11 is 0. The molecule has 24 heavy (non-hydrogen) atoms. The predicted octanol–water partition coefficient (Wildman–Crippen LogP) is 4.42. The molecule has 2 bridgehead atoms. The number of rotatable bonds is 3. The van der Waals surface area contributed by atoms with E-state index >= 15 is 0 Å². The van der Waals surface area contributed by atoms with Crippen molar-refractivity contribution in [3.05, 3.63) is 41.0 Å². The first-order valence-corrected chi connectivity index (χ1v) is 9.69. The van der Waals surface area contributed by atoms with Crippen molar-refractivity contribution in [3.63, 3.8) is 0 Å². The average Bonchev–Trinajstić information content (AvgIpc) is 2.58. The molecule has 4 aliphatic rings. The van der Waals surface area contributed by atoms with Crippen molar-refractivity contribution in [3.8, 4) is 0 Å². The maximum Gasteiger partial charge on any atom is 0.0399 e. The van der Waals surface area contributed by atoms with Crippen LogP contribution in [0, 0.1) is 31.1 Å². The molecule has 2 nitrogen and oxygen atoms in total. The lowest BCUT2D eigenvalue weighted by molar-refractivity contribution is -0.0107. The van der Waals surface area contributed by atoms with Gasteiger partial charge in [-0.3, -0.25) is 4.90 Å². The summed E-state index contributed by atoms with van der Waals surface area (Å²) in [5.74, 6) is 1.81. The molecule has 0 aromatic heterocycles. The van der Waals surface area contributed by atoms with Crippen LogP contribution < -0.4 is 4.90 Å². The van der Waals surface area contributed by atoms with E-state index in [0.29, 0.717) is 5.41 Å². The molecule has 0 N–H and O–H groups in total. The summed E-state index contributed by atoms with van der Waals surface area (Å²) in [6, 6.07) is 6.71. The first kappa shape index (κ1) is 16.2. The van der Waals surface area contributed by atoms with E-state index in [2.05, 4.69) is 61.8 Å². The lowest BCUT2D eigenvalue weighted by Crippen LogP contribution is -2.52. The number of fused-ring (bicyclic) bond motifs is 1. The van der Waals surface area contributed by atoms with Gasteiger partial charge in [-0.15, -0.1) is 0 Å². The van der Waals surface area contributed by atoms with Crippen LogP contribution in [0.15, 0.2) is 29.8 Å². The van der Waals surface area contributed by atoms with Crippen LogP contribution in [0.4, 0.5) is 5.69 Å². The Morgan fingerprint density at radius 2 is 1.83 bits per heavy atom. The second-order valence-electron chi connectivity index (χ2n) is 8.80. The molecule has 1 saturated carbocycles. The first-order valence-electron chi connectivity index (χ1n) is 9.69. The Hall–Kier alpha value is -1.28. The lowest BCUT2D eigenvalue weighted by Gasteiger charge is -2.57. The van der Waals surface area contributed by atoms with Crippen LogP contribution in [0.3, 0.4) is 0 Å². The fourth-order valence-electron chi connectivity index (χ4n) is 5.14. The molecular weight excluding hydrogens is 292 g/mol. The highest BCUT2D eigenvalue weighted by atomic mass is 15.3. The maximum absolute atomic E-state index is 2.68. The summed E-state index contributed by atoms with van der Waals surface area (Å²) in [6.07, 6.45) is 5.34. The molecular formula is C22H32N2. The predicted molar refractivity (Wildman–Crippen MR) is 103 cm³/mol. The first-order chi connectivity index (χ1) is 11.5. The van der Waals surface area contributed by atoms with Crippen molar-refractivity contribution in [2.45, 2.75) is 40.5 Å². The molecule has 1 heterocycles. The number of benzene rings is 1. The third kappa shape index (κ3) is 2.60. The highest BCUT2D eigenvalue weighted by Gasteiger charge is 2.51. The molecule has 0 spiro atoms. The topological polar surface area (TPSA) is 6.48 Å². The van der Waals surface area contributed by atoms with E-state index in [1.54, 1.807) is 5.57 Å². The standard InChI is InChI=1S/C22H32N2/c1-16-6-5-7-21(17(16)2)24-12-10-23(11-13-24)15-18-8-9-19-14-20(18)22(19,3)4/h5-8,19-20H,9-15H2,1-4H3/t19-,20-/m0/s1. The van der Waals surface area contributed by atoms with E-state index in [0.717, 1.165) is 24.9 Å². The number of nitrogens with zero attached hydrogens (tertiary/aromatic N) is 2. The van der Waals surface area contributed by atoms with Crippen LogP contribution in [-0.2, 0) is 0 Å². The highest BCUT2D eigenvalue weighted by Crippen LogP contribution is 2.59. The third-order valence-electron chi connectivity index (χ3n) is 7.28. The SMILES string of the molecule is Cc1cccc(N2CCN(CC3=CC[C@H]4C[C@@H]3C4(C)C)CC2)c1C. The van der Waals surface area contributed by atoms with E-state index < -0.39 is 0 Å². The van der Waals surface area contributed by atoms with E-state index in [-0.39, 0.29) is 0 Å². The number of anilines is 1. The van der Waals surface area contributed by atoms with Crippen molar-refractivity contribution >= 4 is 5.69 Å². The van der Waals surface area contributed by atoms with Gasteiger partial charge in [0, 0.05) is 38.4 Å². The number of hydrogen-bond acceptors (Lipinski definition) is 2. The molecule has 0 radical (unpaired) electrons. The van der Waals surface area contributed by atoms with E-state index in [1.807, 2.05) is 0 Å². The van der Waals surface area contributed by atoms with Crippen LogP contribution in [-0.4, -0.2) is 37.6 Å². The van der Waals surface area contributed by atoms with E-state index in [1.165, 1.54) is 49.3 Å². The molecule has 2 heteroatoms. The summed E-state index contributed by atoms with van der Waals surface area (Å²) in [6.45, 7) is 15.4. The fraction of sp³-hybridized carbons (Fsp3) is 0.636. The summed E-state index contributed by atoms with van der Waals surface area (Å²) in [5, 5.41) is 0. The Kier molecular flexibility index (Phi) is 3.99. The van der Waals surface area contributed by atoms with Crippen molar-refractivity contribution in [2.24, 2.45) is 17.3 Å². The minimum Gasteiger partial charge on any atom is -0.369 e. The van der Waals surface area contributed by atoms with Crippen LogP contribution >= 0.6 is 0 Å². The molecule has 5 rings (SSSR count). The quantitative estimate of drug-likeness (QED) is 0.760. The van der Waals surface area contributed by atoms with E-state index in [4.69, 9.17) is 0 Å². The Bertz CT molecular complexity index is 650. The number of hydrogen-bond donors (Lipinski definition) is 0. The lowest BCUT2D eigenvalue weighted by atomic mass is 9.49. The van der Waals surface area contributed by atoms with Gasteiger partial charge in [0.15, 0.2) is 0 Å². The van der Waals surface area contributed by atoms with Crippen molar-refractivity contribution in [2.75, 3.05) is 37.6 Å². The van der Waals surface area contributed by atoms with Crippen LogP contribution in [0.2, 0.25) is 0 Å². The van der Waals surface area contributed by atoms with Crippen molar-refractivity contribution in [1.29, 1.82) is 0 Å². The molecule has 3 aliphatic carbocycles. The Morgan fingerprint density at radius 3 is 2.50 bits per heavy atom. The van der Waals surface area contributed by atoms with E-state index in [9.17, 15) is 0 Å². The van der Waals surface area contributed by atoms with Gasteiger partial charge in [-0.05, 0) is 61.1 Å². The number of aryl methyl sites for hydroxylation is 1. The zero-order valence-corrected chi connectivity index (χ0v) is 15.8. The number of piperazine rings is 1. The fourth-order valence-corrected chi connectivity index (χ4v) is 5.14. The molecule has 130 valence electrons. The van der Waals surface area contributed by atoms with Crippen LogP contribution in [0.1, 0.15) is 37.8 Å². The third-order valence-corrected chi connectivity index (χ3v) is 7.28. The second kappa shape index (κ2) is 5.91. The summed E-state index contributed by atoms with van der Waals surface area (Å²) in [4.78, 5) is 5.26. The normalized spacial score (nSPS) is 29.2. The van der Waals surface area contributed by atoms with Gasteiger partial charge in [-0.1, -0.05) is 37.6 Å². The van der Waals surface area contributed by atoms with Gasteiger partial charge in [0.1, 0.15) is 0 Å². The monoisotopic (exact) mass is 324 g/mol. The van der Waals surface area contributed by atoms with Gasteiger partial charge in [0.2, 0.25) is 0 Å². The minimum absolute atomic E-state index is 0.560. The zero-order chi connectivity index (χ0) is 16.9. The molecule has 2 atom stereocenters. The molecule has 1 aromatic carbocycles. The van der Waals surface area contributed by atoms with Crippen LogP contribution in [0.5, 0.6) is 0 Å². The van der Waals surface area contributed by atoms with Gasteiger partial charge in [-0.2, -0.15) is 0 Å². The smallest absolute Gasteiger partial charge is 0.0399 e. The Labute approximate surface area is 147 Å². The van der Waals surface area contributed by atoms with Gasteiger partial charge in [0.05, 0.1) is 0 Å². The summed E-state index contributed by atoms with van der Waals surface area (Å²) < 4.78 is 0. The highest BCUT2D eigenvalue weighted by molar-refractivity contribution is 5.56. The molecule has 1 saturated heterocycles. The average molecular weight is 325 g/mol. The Morgan fingerprint density at radius 1 is 1.08 bits per heavy atom. The molecule has 1 aromatic rings. The molecule has 0 amide bonds. The summed E-state index contributed by atoms with van der Waals surface area (Å²) in [5.41, 5.74) is 6.59.